The highest BCUT2D eigenvalue weighted by atomic mass is 19.3. The van der Waals surface area contributed by atoms with E-state index >= 15 is 0 Å². The van der Waals surface area contributed by atoms with Crippen molar-refractivity contribution in [1.29, 1.82) is 0 Å². The monoisotopic (exact) mass is 278 g/mol. The Bertz CT molecular complexity index is 605. The van der Waals surface area contributed by atoms with Crippen LogP contribution in [0.1, 0.15) is 42.1 Å². The van der Waals surface area contributed by atoms with Crippen LogP contribution in [-0.2, 0) is 11.8 Å². The molecule has 1 aromatic heterocycles. The lowest BCUT2D eigenvalue weighted by Crippen LogP contribution is -2.12. The zero-order valence-electron chi connectivity index (χ0n) is 11.3. The highest BCUT2D eigenvalue weighted by molar-refractivity contribution is 5.43. The molecule has 1 heterocycles. The molecule has 0 bridgehead atoms. The van der Waals surface area contributed by atoms with Crippen LogP contribution in [0.5, 0.6) is 0 Å². The van der Waals surface area contributed by atoms with Gasteiger partial charge in [-0.15, -0.1) is 0 Å². The molecule has 5 heteroatoms. The van der Waals surface area contributed by atoms with Crippen LogP contribution in [0.4, 0.5) is 8.78 Å². The quantitative estimate of drug-likeness (QED) is 0.838. The van der Waals surface area contributed by atoms with Crippen molar-refractivity contribution in [2.45, 2.75) is 44.4 Å². The van der Waals surface area contributed by atoms with Crippen LogP contribution in [-0.4, -0.2) is 16.6 Å². The minimum absolute atomic E-state index is 0.133. The molecule has 1 aliphatic carbocycles. The second-order valence-corrected chi connectivity index (χ2v) is 5.34. The van der Waals surface area contributed by atoms with Gasteiger partial charge in [0.15, 0.2) is 5.82 Å². The summed E-state index contributed by atoms with van der Waals surface area (Å²) in [5.41, 5.74) is 2.24. The minimum atomic E-state index is -2.34. The van der Waals surface area contributed by atoms with Crippen LogP contribution in [0, 0.1) is 6.92 Å². The van der Waals surface area contributed by atoms with Crippen molar-refractivity contribution in [3.63, 3.8) is 0 Å². The Morgan fingerprint density at radius 1 is 1.30 bits per heavy atom. The fourth-order valence-corrected chi connectivity index (χ4v) is 2.63. The van der Waals surface area contributed by atoms with Gasteiger partial charge in [-0.3, -0.25) is 0 Å². The first kappa shape index (κ1) is 13.2. The SMILES string of the molecule is Cc1ccccc1C1(c2noc(CCC(F)F)n2)CC1. The molecule has 1 fully saturated rings. The Morgan fingerprint density at radius 3 is 2.70 bits per heavy atom. The molecule has 0 unspecified atom stereocenters. The summed E-state index contributed by atoms with van der Waals surface area (Å²) in [7, 11) is 0. The molecule has 0 saturated heterocycles. The van der Waals surface area contributed by atoms with Crippen molar-refractivity contribution < 1.29 is 13.3 Å². The summed E-state index contributed by atoms with van der Waals surface area (Å²) in [4.78, 5) is 4.32. The molecule has 0 atom stereocenters. The molecule has 1 aromatic carbocycles. The number of aromatic nitrogens is 2. The van der Waals surface area contributed by atoms with Crippen LogP contribution in [0.2, 0.25) is 0 Å². The largest absolute Gasteiger partial charge is 0.339 e. The molecule has 3 nitrogen and oxygen atoms in total. The maximum Gasteiger partial charge on any atom is 0.239 e. The first-order valence-corrected chi connectivity index (χ1v) is 6.79. The Hall–Kier alpha value is -1.78. The average molecular weight is 278 g/mol. The number of hydrogen-bond donors (Lipinski definition) is 0. The van der Waals surface area contributed by atoms with Gasteiger partial charge in [-0.05, 0) is 30.9 Å². The van der Waals surface area contributed by atoms with E-state index in [1.807, 2.05) is 12.1 Å². The number of halogens is 2. The number of alkyl halides is 2. The molecule has 0 radical (unpaired) electrons. The Kier molecular flexibility index (Phi) is 3.28. The maximum atomic E-state index is 12.2. The van der Waals surface area contributed by atoms with Gasteiger partial charge >= 0.3 is 0 Å². The van der Waals surface area contributed by atoms with E-state index in [2.05, 4.69) is 29.2 Å². The summed E-state index contributed by atoms with van der Waals surface area (Å²) in [6.45, 7) is 2.06. The third-order valence-electron chi connectivity index (χ3n) is 3.88. The van der Waals surface area contributed by atoms with E-state index in [0.717, 1.165) is 12.8 Å². The lowest BCUT2D eigenvalue weighted by Gasteiger charge is -2.13. The number of nitrogens with zero attached hydrogens (tertiary/aromatic N) is 2. The second kappa shape index (κ2) is 4.96. The van der Waals surface area contributed by atoms with E-state index in [9.17, 15) is 8.78 Å². The minimum Gasteiger partial charge on any atom is -0.339 e. The standard InChI is InChI=1S/C15H16F2N2O/c1-10-4-2-3-5-11(10)15(8-9-15)14-18-13(20-19-14)7-6-12(16)17/h2-5,12H,6-9H2,1H3. The van der Waals surface area contributed by atoms with Crippen LogP contribution in [0.3, 0.4) is 0 Å². The van der Waals surface area contributed by atoms with Gasteiger partial charge in [0.1, 0.15) is 0 Å². The summed E-state index contributed by atoms with van der Waals surface area (Å²) in [6.07, 6.45) is -0.484. The van der Waals surface area contributed by atoms with Gasteiger partial charge in [-0.1, -0.05) is 29.4 Å². The predicted molar refractivity (Wildman–Crippen MR) is 69.8 cm³/mol. The molecule has 3 rings (SSSR count). The molecule has 0 spiro atoms. The smallest absolute Gasteiger partial charge is 0.239 e. The van der Waals surface area contributed by atoms with Crippen molar-refractivity contribution >= 4 is 0 Å². The first-order valence-electron chi connectivity index (χ1n) is 6.79. The van der Waals surface area contributed by atoms with Crippen LogP contribution >= 0.6 is 0 Å². The zero-order chi connectivity index (χ0) is 14.2. The molecule has 106 valence electrons. The summed E-state index contributed by atoms with van der Waals surface area (Å²) in [5, 5.41) is 4.01. The maximum absolute atomic E-state index is 12.2. The number of hydrogen-bond acceptors (Lipinski definition) is 3. The third kappa shape index (κ3) is 2.32. The fourth-order valence-electron chi connectivity index (χ4n) is 2.63. The lowest BCUT2D eigenvalue weighted by molar-refractivity contribution is 0.134. The normalized spacial score (nSPS) is 16.6. The van der Waals surface area contributed by atoms with Crippen molar-refractivity contribution in [3.05, 3.63) is 47.1 Å². The molecule has 0 amide bonds. The lowest BCUT2D eigenvalue weighted by atomic mass is 9.91. The highest BCUT2D eigenvalue weighted by Crippen LogP contribution is 2.53. The zero-order valence-corrected chi connectivity index (χ0v) is 11.3. The molecule has 1 aliphatic rings. The Balaban J connectivity index is 1.84. The highest BCUT2D eigenvalue weighted by Gasteiger charge is 2.50. The van der Waals surface area contributed by atoms with Crippen molar-refractivity contribution in [1.82, 2.24) is 10.1 Å². The van der Waals surface area contributed by atoms with Crippen molar-refractivity contribution in [3.8, 4) is 0 Å². The predicted octanol–water partition coefficient (Wildman–Crippen LogP) is 3.66. The van der Waals surface area contributed by atoms with E-state index in [1.54, 1.807) is 0 Å². The molecule has 0 N–H and O–H groups in total. The van der Waals surface area contributed by atoms with Gasteiger partial charge < -0.3 is 4.52 Å². The van der Waals surface area contributed by atoms with E-state index in [1.165, 1.54) is 11.1 Å². The van der Waals surface area contributed by atoms with Gasteiger partial charge in [0.2, 0.25) is 12.3 Å². The molecule has 0 aliphatic heterocycles. The Morgan fingerprint density at radius 2 is 2.05 bits per heavy atom. The van der Waals surface area contributed by atoms with Crippen LogP contribution < -0.4 is 0 Å². The topological polar surface area (TPSA) is 38.9 Å². The first-order chi connectivity index (χ1) is 9.62. The Labute approximate surface area is 116 Å². The van der Waals surface area contributed by atoms with Gasteiger partial charge in [0.25, 0.3) is 0 Å². The third-order valence-corrected chi connectivity index (χ3v) is 3.88. The summed E-state index contributed by atoms with van der Waals surface area (Å²) in [5.74, 6) is 0.941. The van der Waals surface area contributed by atoms with Crippen molar-refractivity contribution in [2.24, 2.45) is 0 Å². The van der Waals surface area contributed by atoms with Gasteiger partial charge in [-0.2, -0.15) is 4.98 Å². The van der Waals surface area contributed by atoms with Gasteiger partial charge in [-0.25, -0.2) is 8.78 Å². The fraction of sp³-hybridized carbons (Fsp3) is 0.467. The van der Waals surface area contributed by atoms with E-state index < -0.39 is 6.43 Å². The van der Waals surface area contributed by atoms with Crippen molar-refractivity contribution in [2.75, 3.05) is 0 Å². The molecular weight excluding hydrogens is 262 g/mol. The number of aryl methyl sites for hydroxylation is 2. The van der Waals surface area contributed by atoms with Gasteiger partial charge in [0.05, 0.1) is 5.41 Å². The second-order valence-electron chi connectivity index (χ2n) is 5.34. The van der Waals surface area contributed by atoms with Gasteiger partial charge in [0, 0.05) is 12.8 Å². The molecule has 1 saturated carbocycles. The van der Waals surface area contributed by atoms with E-state index in [-0.39, 0.29) is 18.3 Å². The number of rotatable bonds is 5. The summed E-state index contributed by atoms with van der Waals surface area (Å²) >= 11 is 0. The van der Waals surface area contributed by atoms with Crippen LogP contribution in [0.25, 0.3) is 0 Å². The van der Waals surface area contributed by atoms with E-state index in [4.69, 9.17) is 4.52 Å². The number of benzene rings is 1. The van der Waals surface area contributed by atoms with E-state index in [0.29, 0.717) is 11.7 Å². The molecule has 2 aromatic rings. The molecule has 20 heavy (non-hydrogen) atoms. The average Bonchev–Trinajstić information content (AvgIpc) is 3.09. The molecular formula is C15H16F2N2O. The summed E-state index contributed by atoms with van der Waals surface area (Å²) in [6, 6.07) is 8.14. The van der Waals surface area contributed by atoms with Crippen LogP contribution in [0.15, 0.2) is 28.8 Å². The summed E-state index contributed by atoms with van der Waals surface area (Å²) < 4.78 is 29.5.